The average molecular weight is 443 g/mol. The molecule has 1 aromatic heterocycles. The number of anilines is 1. The Hall–Kier alpha value is -2.55. The van der Waals surface area contributed by atoms with E-state index < -0.39 is 5.60 Å². The van der Waals surface area contributed by atoms with Crippen LogP contribution in [0.5, 0.6) is 0 Å². The van der Waals surface area contributed by atoms with Crippen LogP contribution in [-0.2, 0) is 15.1 Å². The Bertz CT molecular complexity index is 912. The average Bonchev–Trinajstić information content (AvgIpc) is 2.79. The first-order valence-corrected chi connectivity index (χ1v) is 11.1. The first-order chi connectivity index (χ1) is 15.3. The molecule has 1 N–H and O–H groups in total. The summed E-state index contributed by atoms with van der Waals surface area (Å²) in [5.74, 6) is 0.705. The molecule has 0 bridgehead atoms. The number of hydrogen-bond acceptors (Lipinski definition) is 7. The summed E-state index contributed by atoms with van der Waals surface area (Å²) in [5, 5.41) is 10.1. The lowest BCUT2D eigenvalue weighted by molar-refractivity contribution is -0.145. The summed E-state index contributed by atoms with van der Waals surface area (Å²) in [6.07, 6.45) is 4.91. The molecule has 1 unspecified atom stereocenters. The van der Waals surface area contributed by atoms with Crippen LogP contribution in [-0.4, -0.2) is 77.5 Å². The van der Waals surface area contributed by atoms with Gasteiger partial charge in [0.2, 0.25) is 5.95 Å². The van der Waals surface area contributed by atoms with Crippen molar-refractivity contribution in [2.45, 2.75) is 44.0 Å². The van der Waals surface area contributed by atoms with Crippen LogP contribution in [0.3, 0.4) is 0 Å². The number of ether oxygens (including phenoxy) is 2. The quantitative estimate of drug-likeness (QED) is 0.761. The minimum atomic E-state index is -0.926. The molecule has 8 heteroatoms. The number of amides is 1. The third kappa shape index (κ3) is 4.92. The predicted molar refractivity (Wildman–Crippen MR) is 123 cm³/mol. The van der Waals surface area contributed by atoms with Crippen molar-refractivity contribution in [2.75, 3.05) is 44.8 Å². The van der Waals surface area contributed by atoms with Crippen molar-refractivity contribution in [3.8, 4) is 0 Å². The van der Waals surface area contributed by atoms with Crippen LogP contribution in [0.4, 0.5) is 5.95 Å². The molecule has 2 saturated heterocycles. The minimum absolute atomic E-state index is 0. The summed E-state index contributed by atoms with van der Waals surface area (Å²) in [4.78, 5) is 25.9. The maximum Gasteiger partial charge on any atom is 0.253 e. The summed E-state index contributed by atoms with van der Waals surface area (Å²) in [6.45, 7) is 6.58. The van der Waals surface area contributed by atoms with Gasteiger partial charge in [-0.3, -0.25) is 4.79 Å². The van der Waals surface area contributed by atoms with Crippen molar-refractivity contribution in [2.24, 2.45) is 0 Å². The normalized spacial score (nSPS) is 21.1. The molecule has 0 radical (unpaired) electrons. The Morgan fingerprint density at radius 2 is 1.91 bits per heavy atom. The second-order valence-corrected chi connectivity index (χ2v) is 9.24. The fourth-order valence-corrected chi connectivity index (χ4v) is 4.56. The topological polar surface area (TPSA) is 88.0 Å². The fraction of sp³-hybridized carbons (Fsp3) is 0.542. The van der Waals surface area contributed by atoms with Crippen LogP contribution >= 0.6 is 0 Å². The minimum Gasteiger partial charge on any atom is -0.386 e. The van der Waals surface area contributed by atoms with Gasteiger partial charge in [-0.1, -0.05) is 12.1 Å². The van der Waals surface area contributed by atoms with E-state index in [2.05, 4.69) is 14.9 Å². The van der Waals surface area contributed by atoms with Crippen molar-refractivity contribution < 1.29 is 20.8 Å². The summed E-state index contributed by atoms with van der Waals surface area (Å²) in [5.41, 5.74) is 0.136. The Labute approximate surface area is 190 Å². The molecule has 1 amide bonds. The highest BCUT2D eigenvalue weighted by atomic mass is 16.5. The molecule has 2 fully saturated rings. The number of benzene rings is 1. The number of carbonyl (C=O) groups excluding carboxylic acids is 1. The zero-order valence-electron chi connectivity index (χ0n) is 19.0. The predicted octanol–water partition coefficient (Wildman–Crippen LogP) is 2.48. The summed E-state index contributed by atoms with van der Waals surface area (Å²) in [6, 6.07) is 9.02. The van der Waals surface area contributed by atoms with E-state index in [1.165, 1.54) is 0 Å². The van der Waals surface area contributed by atoms with E-state index in [9.17, 15) is 9.90 Å². The highest BCUT2D eigenvalue weighted by molar-refractivity contribution is 5.94. The smallest absolute Gasteiger partial charge is 0.253 e. The second-order valence-electron chi connectivity index (χ2n) is 9.24. The molecule has 0 aliphatic carbocycles. The fourth-order valence-electron chi connectivity index (χ4n) is 4.56. The van der Waals surface area contributed by atoms with Gasteiger partial charge < -0.3 is 24.4 Å². The van der Waals surface area contributed by atoms with Crippen molar-refractivity contribution in [3.05, 3.63) is 53.9 Å². The molecule has 1 aromatic carbocycles. The number of aromatic nitrogens is 2. The number of carbonyl (C=O) groups is 1. The van der Waals surface area contributed by atoms with Crippen LogP contribution in [0, 0.1) is 0 Å². The van der Waals surface area contributed by atoms with Crippen LogP contribution < -0.4 is 4.90 Å². The van der Waals surface area contributed by atoms with Gasteiger partial charge in [0.25, 0.3) is 5.91 Å². The zero-order valence-corrected chi connectivity index (χ0v) is 19.0. The second kappa shape index (κ2) is 9.13. The number of hydrogen-bond donors (Lipinski definition) is 1. The first kappa shape index (κ1) is 22.6. The molecule has 2 aliphatic heterocycles. The maximum absolute atomic E-state index is 13.1. The maximum atomic E-state index is 13.1. The Balaban J connectivity index is 0.00000306. The van der Waals surface area contributed by atoms with Gasteiger partial charge in [-0.2, -0.15) is 0 Å². The molecule has 2 aliphatic rings. The number of piperidine rings is 1. The van der Waals surface area contributed by atoms with Crippen molar-refractivity contribution >= 4 is 11.9 Å². The molecule has 3 heterocycles. The summed E-state index contributed by atoms with van der Waals surface area (Å²) < 4.78 is 11.9. The summed E-state index contributed by atoms with van der Waals surface area (Å²) in [7, 11) is 1.68. The van der Waals surface area contributed by atoms with Gasteiger partial charge >= 0.3 is 0 Å². The lowest BCUT2D eigenvalue weighted by Gasteiger charge is -2.49. The number of rotatable bonds is 5. The molecule has 0 saturated carbocycles. The van der Waals surface area contributed by atoms with E-state index in [0.29, 0.717) is 44.3 Å². The van der Waals surface area contributed by atoms with Gasteiger partial charge in [0.05, 0.1) is 30.5 Å². The van der Waals surface area contributed by atoms with Crippen LogP contribution in [0.25, 0.3) is 0 Å². The van der Waals surface area contributed by atoms with E-state index in [-0.39, 0.29) is 19.0 Å². The first-order valence-electron chi connectivity index (χ1n) is 11.1. The van der Waals surface area contributed by atoms with Gasteiger partial charge in [0, 0.05) is 46.1 Å². The number of methoxy groups -OCH3 is 1. The van der Waals surface area contributed by atoms with Gasteiger partial charge in [-0.15, -0.1) is 0 Å². The zero-order chi connectivity index (χ0) is 22.8. The Morgan fingerprint density at radius 3 is 2.50 bits per heavy atom. The van der Waals surface area contributed by atoms with E-state index in [4.69, 9.17) is 9.47 Å². The van der Waals surface area contributed by atoms with E-state index in [1.54, 1.807) is 45.5 Å². The van der Waals surface area contributed by atoms with Gasteiger partial charge in [-0.25, -0.2) is 9.97 Å². The molecule has 1 spiro atoms. The molecule has 8 nitrogen and oxygen atoms in total. The SMILES string of the molecule is COCC1CN(c2ncccn2)CC2(CCN(C(=O)c3ccc(C(C)(C)O)cc3)CC2)O1.[HH]. The highest BCUT2D eigenvalue weighted by Gasteiger charge is 2.44. The van der Waals surface area contributed by atoms with E-state index in [1.807, 2.05) is 23.1 Å². The van der Waals surface area contributed by atoms with Gasteiger partial charge in [0.15, 0.2) is 0 Å². The van der Waals surface area contributed by atoms with Crippen LogP contribution in [0.1, 0.15) is 44.0 Å². The molecular formula is C24H34N4O4. The van der Waals surface area contributed by atoms with Gasteiger partial charge in [0.1, 0.15) is 0 Å². The van der Waals surface area contributed by atoms with Crippen LogP contribution in [0.15, 0.2) is 42.7 Å². The lowest BCUT2D eigenvalue weighted by atomic mass is 9.88. The molecule has 174 valence electrons. The van der Waals surface area contributed by atoms with Crippen LogP contribution in [0.2, 0.25) is 0 Å². The van der Waals surface area contributed by atoms with E-state index >= 15 is 0 Å². The van der Waals surface area contributed by atoms with E-state index in [0.717, 1.165) is 18.4 Å². The number of aliphatic hydroxyl groups is 1. The number of likely N-dealkylation sites (tertiary alicyclic amines) is 1. The van der Waals surface area contributed by atoms with Crippen molar-refractivity contribution in [1.29, 1.82) is 0 Å². The highest BCUT2D eigenvalue weighted by Crippen LogP contribution is 2.34. The Kier molecular flexibility index (Phi) is 6.46. The molecule has 2 aromatic rings. The van der Waals surface area contributed by atoms with Crippen molar-refractivity contribution in [1.82, 2.24) is 14.9 Å². The third-order valence-corrected chi connectivity index (χ3v) is 6.31. The van der Waals surface area contributed by atoms with Gasteiger partial charge in [-0.05, 0) is 50.5 Å². The third-order valence-electron chi connectivity index (χ3n) is 6.31. The molecule has 4 rings (SSSR count). The molecule has 1 atom stereocenters. The van der Waals surface area contributed by atoms with Crippen molar-refractivity contribution in [3.63, 3.8) is 0 Å². The number of nitrogens with zero attached hydrogens (tertiary/aromatic N) is 4. The Morgan fingerprint density at radius 1 is 1.25 bits per heavy atom. The summed E-state index contributed by atoms with van der Waals surface area (Å²) >= 11 is 0. The lowest BCUT2D eigenvalue weighted by Crippen LogP contribution is -2.61. The monoisotopic (exact) mass is 442 g/mol. The number of morpholine rings is 1. The standard InChI is InChI=1S/C24H32N4O4.H2/c1-23(2,30)19-7-5-18(6-8-19)21(29)27-13-9-24(10-14-27)17-28(15-20(32-24)16-31-3)22-25-11-4-12-26-22;/h4-8,11-12,20,30H,9-10,13-17H2,1-3H3;1H. The molecule has 32 heavy (non-hydrogen) atoms. The molecular weight excluding hydrogens is 408 g/mol. The largest absolute Gasteiger partial charge is 0.386 e.